The molecule has 0 spiro atoms. The van der Waals surface area contributed by atoms with Crippen LogP contribution in [0.25, 0.3) is 11.5 Å². The number of ether oxygens (including phenoxy) is 1. The van der Waals surface area contributed by atoms with Crippen LogP contribution in [0.2, 0.25) is 0 Å². The van der Waals surface area contributed by atoms with Crippen molar-refractivity contribution in [3.8, 4) is 11.5 Å². The molecule has 0 aliphatic heterocycles. The van der Waals surface area contributed by atoms with Gasteiger partial charge in [0.25, 0.3) is 5.91 Å². The number of rotatable bonds is 6. The number of aromatic nitrogens is 2. The van der Waals surface area contributed by atoms with Crippen LogP contribution in [0.3, 0.4) is 0 Å². The molecule has 3 rings (SSSR count). The van der Waals surface area contributed by atoms with Crippen molar-refractivity contribution < 1.29 is 18.7 Å². The second-order valence-corrected chi connectivity index (χ2v) is 5.46. The lowest BCUT2D eigenvalue weighted by Crippen LogP contribution is -2.21. The number of anilines is 1. The molecule has 0 saturated carbocycles. The van der Waals surface area contributed by atoms with E-state index in [1.165, 1.54) is 0 Å². The predicted molar refractivity (Wildman–Crippen MR) is 85.8 cm³/mol. The average molecular weight is 327 g/mol. The fourth-order valence-electron chi connectivity index (χ4n) is 2.41. The van der Waals surface area contributed by atoms with Crippen LogP contribution in [0.1, 0.15) is 19.3 Å². The maximum Gasteiger partial charge on any atom is 0.322 e. The van der Waals surface area contributed by atoms with E-state index in [2.05, 4.69) is 15.5 Å². The van der Waals surface area contributed by atoms with Gasteiger partial charge in [-0.2, -0.15) is 0 Å². The van der Waals surface area contributed by atoms with Gasteiger partial charge in [-0.25, -0.2) is 0 Å². The van der Waals surface area contributed by atoms with E-state index in [4.69, 9.17) is 9.15 Å². The number of nitrogens with one attached hydrogen (secondary N) is 1. The highest BCUT2D eigenvalue weighted by Crippen LogP contribution is 2.21. The summed E-state index contributed by atoms with van der Waals surface area (Å²) in [4.78, 5) is 23.4. The molecule has 7 heteroatoms. The Morgan fingerprint density at radius 2 is 2.08 bits per heavy atom. The quantitative estimate of drug-likeness (QED) is 0.647. The average Bonchev–Trinajstić information content (AvgIpc) is 3.26. The highest BCUT2D eigenvalue weighted by Gasteiger charge is 2.17. The summed E-state index contributed by atoms with van der Waals surface area (Å²) >= 11 is 0. The molecule has 1 atom stereocenters. The summed E-state index contributed by atoms with van der Waals surface area (Å²) in [5, 5.41) is 10.0. The number of benzene rings is 1. The van der Waals surface area contributed by atoms with Crippen molar-refractivity contribution in [2.75, 3.05) is 11.9 Å². The maximum atomic E-state index is 11.8. The van der Waals surface area contributed by atoms with Crippen LogP contribution < -0.4 is 5.32 Å². The molecular weight excluding hydrogens is 310 g/mol. The Hall–Kier alpha value is -2.96. The normalized spacial score (nSPS) is 16.1. The minimum atomic E-state index is -0.520. The first-order chi connectivity index (χ1) is 11.7. The molecule has 1 aliphatic carbocycles. The molecular formula is C17H17N3O4. The highest BCUT2D eigenvalue weighted by molar-refractivity contribution is 5.91. The fraction of sp³-hybridized carbons (Fsp3) is 0.294. The third kappa shape index (κ3) is 4.28. The number of allylic oxidation sites excluding steroid dienone is 2. The predicted octanol–water partition coefficient (Wildman–Crippen LogP) is 2.57. The van der Waals surface area contributed by atoms with Crippen molar-refractivity contribution >= 4 is 17.9 Å². The number of carbonyl (C=O) groups is 2. The van der Waals surface area contributed by atoms with Gasteiger partial charge < -0.3 is 9.15 Å². The van der Waals surface area contributed by atoms with Gasteiger partial charge in [0.2, 0.25) is 5.89 Å². The Morgan fingerprint density at radius 1 is 1.25 bits per heavy atom. The third-order valence-corrected chi connectivity index (χ3v) is 3.60. The fourth-order valence-corrected chi connectivity index (χ4v) is 2.41. The minimum absolute atomic E-state index is 0.0337. The van der Waals surface area contributed by atoms with E-state index in [0.29, 0.717) is 12.3 Å². The zero-order valence-electron chi connectivity index (χ0n) is 13.0. The molecule has 0 bridgehead atoms. The molecule has 2 aromatic rings. The second kappa shape index (κ2) is 7.54. The number of hydrogen-bond donors (Lipinski definition) is 1. The van der Waals surface area contributed by atoms with Gasteiger partial charge in [-0.3, -0.25) is 14.9 Å². The van der Waals surface area contributed by atoms with Gasteiger partial charge in [-0.1, -0.05) is 35.4 Å². The second-order valence-electron chi connectivity index (χ2n) is 5.46. The first kappa shape index (κ1) is 15.9. The Bertz CT molecular complexity index is 739. The summed E-state index contributed by atoms with van der Waals surface area (Å²) < 4.78 is 10.3. The maximum absolute atomic E-state index is 11.8. The lowest BCUT2D eigenvalue weighted by Gasteiger charge is -2.07. The Morgan fingerprint density at radius 3 is 2.83 bits per heavy atom. The van der Waals surface area contributed by atoms with E-state index < -0.39 is 11.9 Å². The Balaban J connectivity index is 1.46. The van der Waals surface area contributed by atoms with Crippen LogP contribution in [-0.2, 0) is 14.3 Å². The Kier molecular flexibility index (Phi) is 5.00. The molecule has 0 radical (unpaired) electrons. The molecule has 0 saturated heterocycles. The van der Waals surface area contributed by atoms with Crippen molar-refractivity contribution in [1.29, 1.82) is 0 Å². The van der Waals surface area contributed by atoms with Crippen molar-refractivity contribution in [1.82, 2.24) is 10.2 Å². The minimum Gasteiger partial charge on any atom is -0.456 e. The van der Waals surface area contributed by atoms with Gasteiger partial charge in [-0.15, -0.1) is 5.10 Å². The van der Waals surface area contributed by atoms with E-state index in [0.717, 1.165) is 18.4 Å². The molecule has 1 N–H and O–H groups in total. The summed E-state index contributed by atoms with van der Waals surface area (Å²) in [5.41, 5.74) is 0.751. The van der Waals surface area contributed by atoms with Crippen molar-refractivity contribution in [3.63, 3.8) is 0 Å². The first-order valence-electron chi connectivity index (χ1n) is 7.72. The topological polar surface area (TPSA) is 94.3 Å². The molecule has 1 aliphatic rings. The summed E-state index contributed by atoms with van der Waals surface area (Å²) in [6.07, 6.45) is 6.28. The largest absolute Gasteiger partial charge is 0.456 e. The number of hydrogen-bond acceptors (Lipinski definition) is 6. The van der Waals surface area contributed by atoms with Crippen LogP contribution in [0.4, 0.5) is 6.01 Å². The summed E-state index contributed by atoms with van der Waals surface area (Å²) in [5.74, 6) is -0.397. The van der Waals surface area contributed by atoms with Crippen molar-refractivity contribution in [2.24, 2.45) is 5.92 Å². The lowest BCUT2D eigenvalue weighted by molar-refractivity contribution is -0.148. The number of amides is 1. The molecule has 1 aromatic carbocycles. The van der Waals surface area contributed by atoms with E-state index in [1.54, 1.807) is 0 Å². The van der Waals surface area contributed by atoms with Crippen LogP contribution in [0, 0.1) is 5.92 Å². The van der Waals surface area contributed by atoms with Gasteiger partial charge in [0.15, 0.2) is 6.61 Å². The van der Waals surface area contributed by atoms with Gasteiger partial charge in [0, 0.05) is 5.56 Å². The zero-order valence-corrected chi connectivity index (χ0v) is 13.0. The first-order valence-corrected chi connectivity index (χ1v) is 7.72. The van der Waals surface area contributed by atoms with Gasteiger partial charge in [0.05, 0.1) is 6.42 Å². The summed E-state index contributed by atoms with van der Waals surface area (Å²) in [7, 11) is 0. The van der Waals surface area contributed by atoms with E-state index >= 15 is 0 Å². The SMILES string of the molecule is O=C(COC(=O)C[C@@H]1C=CCC1)Nc1nnc(-c2ccccc2)o1. The molecule has 0 fully saturated rings. The molecule has 124 valence electrons. The van der Waals surface area contributed by atoms with Gasteiger partial charge >= 0.3 is 12.0 Å². The van der Waals surface area contributed by atoms with Crippen LogP contribution in [-0.4, -0.2) is 28.7 Å². The molecule has 1 heterocycles. The number of nitrogens with zero attached hydrogens (tertiary/aromatic N) is 2. The Labute approximate surface area is 138 Å². The highest BCUT2D eigenvalue weighted by atomic mass is 16.5. The van der Waals surface area contributed by atoms with E-state index in [-0.39, 0.29) is 18.5 Å². The smallest absolute Gasteiger partial charge is 0.322 e. The number of carbonyl (C=O) groups excluding carboxylic acids is 2. The summed E-state index contributed by atoms with van der Waals surface area (Å²) in [6.45, 7) is -0.377. The van der Waals surface area contributed by atoms with Crippen LogP contribution in [0.15, 0.2) is 46.9 Å². The van der Waals surface area contributed by atoms with Gasteiger partial charge in [-0.05, 0) is 30.9 Å². The molecule has 0 unspecified atom stereocenters. The molecule has 1 amide bonds. The van der Waals surface area contributed by atoms with Crippen molar-refractivity contribution in [2.45, 2.75) is 19.3 Å². The van der Waals surface area contributed by atoms with E-state index in [1.807, 2.05) is 42.5 Å². The van der Waals surface area contributed by atoms with Crippen molar-refractivity contribution in [3.05, 3.63) is 42.5 Å². The van der Waals surface area contributed by atoms with Crippen LogP contribution in [0.5, 0.6) is 0 Å². The lowest BCUT2D eigenvalue weighted by atomic mass is 10.1. The van der Waals surface area contributed by atoms with Crippen LogP contribution >= 0.6 is 0 Å². The molecule has 1 aromatic heterocycles. The van der Waals surface area contributed by atoms with Gasteiger partial charge in [0.1, 0.15) is 0 Å². The third-order valence-electron chi connectivity index (χ3n) is 3.60. The molecule has 24 heavy (non-hydrogen) atoms. The number of esters is 1. The standard InChI is InChI=1S/C17H17N3O4/c21-14(11-23-15(22)10-12-6-4-5-7-12)18-17-20-19-16(24-17)13-8-2-1-3-9-13/h1-4,6,8-9,12H,5,7,10-11H2,(H,18,20,21)/t12-/m1/s1. The van der Waals surface area contributed by atoms with E-state index in [9.17, 15) is 9.59 Å². The monoisotopic (exact) mass is 327 g/mol. The summed E-state index contributed by atoms with van der Waals surface area (Å²) in [6, 6.07) is 9.16. The molecule has 7 nitrogen and oxygen atoms in total. The zero-order chi connectivity index (χ0) is 16.8.